The summed E-state index contributed by atoms with van der Waals surface area (Å²) >= 11 is 8.10. The van der Waals surface area contributed by atoms with Crippen molar-refractivity contribution < 1.29 is 4.79 Å². The molecular weight excluding hydrogens is 330 g/mol. The van der Waals surface area contributed by atoms with Gasteiger partial charge in [0.05, 0.1) is 4.91 Å². The smallest absolute Gasteiger partial charge is 0.263 e. The van der Waals surface area contributed by atoms with Gasteiger partial charge in [-0.2, -0.15) is 0 Å². The summed E-state index contributed by atoms with van der Waals surface area (Å²) in [5, 5.41) is 2.64. The molecule has 2 nitrogen and oxygen atoms in total. The average Bonchev–Trinajstić information content (AvgIpc) is 2.85. The topological polar surface area (TPSA) is 29.1 Å². The van der Waals surface area contributed by atoms with Gasteiger partial charge in [-0.25, -0.2) is 0 Å². The first-order valence-corrected chi connectivity index (χ1v) is 8.94. The van der Waals surface area contributed by atoms with E-state index < -0.39 is 0 Å². The van der Waals surface area contributed by atoms with Gasteiger partial charge in [-0.05, 0) is 23.3 Å². The van der Waals surface area contributed by atoms with Gasteiger partial charge in [0.2, 0.25) is 0 Å². The van der Waals surface area contributed by atoms with Gasteiger partial charge in [-0.3, -0.25) is 4.79 Å². The van der Waals surface area contributed by atoms with Crippen molar-refractivity contribution in [3.63, 3.8) is 0 Å². The van der Waals surface area contributed by atoms with E-state index in [-0.39, 0.29) is 5.91 Å². The molecule has 3 rings (SSSR count). The lowest BCUT2D eigenvalue weighted by atomic mass is 10.2. The first kappa shape index (κ1) is 15.3. The molecule has 0 bridgehead atoms. The molecule has 1 amide bonds. The quantitative estimate of drug-likeness (QED) is 0.504. The van der Waals surface area contributed by atoms with Crippen LogP contribution in [0, 0.1) is 0 Å². The van der Waals surface area contributed by atoms with E-state index in [4.69, 9.17) is 12.2 Å². The van der Waals surface area contributed by atoms with Crippen molar-refractivity contribution in [2.75, 3.05) is 0 Å². The molecule has 0 radical (unpaired) electrons. The fourth-order valence-corrected chi connectivity index (χ4v) is 4.05. The largest absolute Gasteiger partial charge is 0.307 e. The third-order valence-corrected chi connectivity index (χ3v) is 5.41. The number of nitrogens with one attached hydrogen (secondary N) is 1. The molecule has 1 aliphatic rings. The van der Waals surface area contributed by atoms with E-state index in [1.165, 1.54) is 17.3 Å². The third kappa shape index (κ3) is 3.80. The molecule has 0 aliphatic carbocycles. The number of rotatable bonds is 4. The third-order valence-electron chi connectivity index (χ3n) is 3.08. The van der Waals surface area contributed by atoms with Crippen molar-refractivity contribution >= 4 is 52.0 Å². The van der Waals surface area contributed by atoms with Crippen LogP contribution in [0.1, 0.15) is 11.1 Å². The predicted molar refractivity (Wildman–Crippen MR) is 98.8 cm³/mol. The molecule has 1 aliphatic heterocycles. The summed E-state index contributed by atoms with van der Waals surface area (Å²) in [5.41, 5.74) is 2.33. The number of carbonyl (C=O) groups excluding carboxylic acids is 1. The maximum absolute atomic E-state index is 11.8. The van der Waals surface area contributed by atoms with Crippen LogP contribution in [-0.4, -0.2) is 10.2 Å². The Morgan fingerprint density at radius 3 is 2.55 bits per heavy atom. The first-order valence-electron chi connectivity index (χ1n) is 6.73. The summed E-state index contributed by atoms with van der Waals surface area (Å²) in [5.74, 6) is 0.788. The highest BCUT2D eigenvalue weighted by Gasteiger charge is 2.22. The highest BCUT2D eigenvalue weighted by atomic mass is 32.2. The maximum atomic E-state index is 11.8. The Bertz CT molecular complexity index is 741. The van der Waals surface area contributed by atoms with E-state index in [0.717, 1.165) is 16.2 Å². The second-order valence-electron chi connectivity index (χ2n) is 4.66. The second-order valence-corrected chi connectivity index (χ2v) is 7.40. The van der Waals surface area contributed by atoms with E-state index in [9.17, 15) is 4.79 Å². The molecule has 110 valence electrons. The molecule has 2 aromatic carbocycles. The van der Waals surface area contributed by atoms with Crippen molar-refractivity contribution in [3.05, 3.63) is 70.6 Å². The predicted octanol–water partition coefficient (Wildman–Crippen LogP) is 4.47. The number of amides is 1. The van der Waals surface area contributed by atoms with Crippen molar-refractivity contribution in [3.8, 4) is 0 Å². The Morgan fingerprint density at radius 1 is 1.09 bits per heavy atom. The molecule has 0 spiro atoms. The molecule has 0 saturated carbocycles. The van der Waals surface area contributed by atoms with Gasteiger partial charge in [-0.15, -0.1) is 11.8 Å². The van der Waals surface area contributed by atoms with Crippen molar-refractivity contribution in [1.82, 2.24) is 5.32 Å². The van der Waals surface area contributed by atoms with E-state index in [0.29, 0.717) is 9.23 Å². The monoisotopic (exact) mass is 343 g/mol. The van der Waals surface area contributed by atoms with Crippen molar-refractivity contribution in [1.29, 1.82) is 0 Å². The van der Waals surface area contributed by atoms with Crippen molar-refractivity contribution in [2.24, 2.45) is 0 Å². The Balaban J connectivity index is 1.80. The highest BCUT2D eigenvalue weighted by Crippen LogP contribution is 2.31. The molecule has 1 heterocycles. The number of hydrogen-bond donors (Lipinski definition) is 1. The van der Waals surface area contributed by atoms with Crippen LogP contribution < -0.4 is 5.32 Å². The number of hydrogen-bond acceptors (Lipinski definition) is 4. The lowest BCUT2D eigenvalue weighted by Gasteiger charge is -2.06. The zero-order chi connectivity index (χ0) is 15.4. The van der Waals surface area contributed by atoms with Gasteiger partial charge in [0, 0.05) is 10.6 Å². The Labute approximate surface area is 143 Å². The molecule has 5 heteroatoms. The molecule has 22 heavy (non-hydrogen) atoms. The summed E-state index contributed by atoms with van der Waals surface area (Å²) < 4.78 is 0.519. The molecule has 1 N–H and O–H groups in total. The van der Waals surface area contributed by atoms with Crippen LogP contribution in [0.3, 0.4) is 0 Å². The molecule has 0 unspecified atom stereocenters. The number of thioether (sulfide) groups is 2. The van der Waals surface area contributed by atoms with Crippen molar-refractivity contribution in [2.45, 2.75) is 10.6 Å². The molecule has 1 fully saturated rings. The van der Waals surface area contributed by atoms with Gasteiger partial charge in [0.15, 0.2) is 0 Å². The van der Waals surface area contributed by atoms with Crippen LogP contribution in [-0.2, 0) is 10.5 Å². The molecule has 0 aromatic heterocycles. The van der Waals surface area contributed by atoms with E-state index in [1.807, 2.05) is 42.5 Å². The van der Waals surface area contributed by atoms with Crippen LogP contribution >= 0.6 is 35.7 Å². The Hall–Kier alpha value is -1.56. The number of benzene rings is 2. The fraction of sp³-hybridized carbons (Fsp3) is 0.0588. The molecule has 1 saturated heterocycles. The standard InChI is InChI=1S/C17H13NOS3/c19-16-15(22-17(20)18-16)10-13-8-4-5-9-14(13)21-11-12-6-2-1-3-7-12/h1-10H,11H2,(H,18,19,20). The minimum Gasteiger partial charge on any atom is -0.307 e. The normalized spacial score (nSPS) is 16.1. The van der Waals surface area contributed by atoms with Gasteiger partial charge >= 0.3 is 0 Å². The zero-order valence-electron chi connectivity index (χ0n) is 11.6. The summed E-state index contributed by atoms with van der Waals surface area (Å²) in [6, 6.07) is 18.4. The molecular formula is C17H13NOS3. The van der Waals surface area contributed by atoms with Crippen LogP contribution in [0.2, 0.25) is 0 Å². The van der Waals surface area contributed by atoms with Crippen LogP contribution in [0.15, 0.2) is 64.4 Å². The molecule has 0 atom stereocenters. The SMILES string of the molecule is O=C1NC(=S)SC1=Cc1ccccc1SCc1ccccc1. The fourth-order valence-electron chi connectivity index (χ4n) is 2.03. The van der Waals surface area contributed by atoms with Gasteiger partial charge in [-0.1, -0.05) is 72.5 Å². The van der Waals surface area contributed by atoms with Crippen LogP contribution in [0.5, 0.6) is 0 Å². The van der Waals surface area contributed by atoms with Gasteiger partial charge in [0.1, 0.15) is 4.32 Å². The second kappa shape index (κ2) is 7.13. The van der Waals surface area contributed by atoms with Crippen LogP contribution in [0.4, 0.5) is 0 Å². The highest BCUT2D eigenvalue weighted by molar-refractivity contribution is 8.26. The Morgan fingerprint density at radius 2 is 1.82 bits per heavy atom. The minimum atomic E-state index is -0.113. The van der Waals surface area contributed by atoms with E-state index in [1.54, 1.807) is 11.8 Å². The molecule has 2 aromatic rings. The zero-order valence-corrected chi connectivity index (χ0v) is 14.1. The summed E-state index contributed by atoms with van der Waals surface area (Å²) in [6.07, 6.45) is 1.91. The van der Waals surface area contributed by atoms with E-state index in [2.05, 4.69) is 23.5 Å². The first-order chi connectivity index (χ1) is 10.7. The summed E-state index contributed by atoms with van der Waals surface area (Å²) in [4.78, 5) is 13.6. The van der Waals surface area contributed by atoms with Gasteiger partial charge < -0.3 is 5.32 Å². The van der Waals surface area contributed by atoms with Crippen LogP contribution in [0.25, 0.3) is 6.08 Å². The summed E-state index contributed by atoms with van der Waals surface area (Å²) in [6.45, 7) is 0. The number of thiocarbonyl (C=S) groups is 1. The van der Waals surface area contributed by atoms with E-state index >= 15 is 0 Å². The minimum absolute atomic E-state index is 0.113. The average molecular weight is 343 g/mol. The summed E-state index contributed by atoms with van der Waals surface area (Å²) in [7, 11) is 0. The lowest BCUT2D eigenvalue weighted by molar-refractivity contribution is -0.115. The number of carbonyl (C=O) groups is 1. The van der Waals surface area contributed by atoms with Gasteiger partial charge in [0.25, 0.3) is 5.91 Å². The Kier molecular flexibility index (Phi) is 4.97. The maximum Gasteiger partial charge on any atom is 0.263 e. The lowest BCUT2D eigenvalue weighted by Crippen LogP contribution is -2.17.